The van der Waals surface area contributed by atoms with E-state index in [1.807, 2.05) is 6.08 Å². The molecule has 0 spiro atoms. The lowest BCUT2D eigenvalue weighted by Gasteiger charge is -2.19. The van der Waals surface area contributed by atoms with Gasteiger partial charge in [-0.15, -0.1) is 0 Å². The number of hydrogen-bond acceptors (Lipinski definition) is 2. The normalized spacial score (nSPS) is 17.9. The molecule has 0 aromatic rings. The average Bonchev–Trinajstić information content (AvgIpc) is 2.11. The Balaban J connectivity index is 2.76. The molecule has 0 fully saturated rings. The van der Waals surface area contributed by atoms with Gasteiger partial charge < -0.3 is 10.9 Å². The van der Waals surface area contributed by atoms with Gasteiger partial charge in [0.15, 0.2) is 0 Å². The predicted octanol–water partition coefficient (Wildman–Crippen LogP) is 1.54. The average molecular weight is 138 g/mol. The zero-order valence-corrected chi connectivity index (χ0v) is 6.78. The zero-order valence-electron chi connectivity index (χ0n) is 6.78. The van der Waals surface area contributed by atoms with Crippen molar-refractivity contribution in [1.29, 1.82) is 0 Å². The number of nitrogens with one attached hydrogen (secondary N) is 2. The summed E-state index contributed by atoms with van der Waals surface area (Å²) in [6.07, 6.45) is 2.03. The first kappa shape index (κ1) is 7.19. The molecule has 1 heterocycles. The van der Waals surface area contributed by atoms with Gasteiger partial charge in [0.2, 0.25) is 0 Å². The van der Waals surface area contributed by atoms with Crippen molar-refractivity contribution in [2.75, 3.05) is 0 Å². The second-order valence-corrected chi connectivity index (χ2v) is 3.58. The first-order chi connectivity index (χ1) is 4.50. The third kappa shape index (κ3) is 1.32. The van der Waals surface area contributed by atoms with Crippen LogP contribution in [0.1, 0.15) is 20.8 Å². The Morgan fingerprint density at radius 3 is 2.10 bits per heavy atom. The van der Waals surface area contributed by atoms with Crippen molar-refractivity contribution in [1.82, 2.24) is 10.9 Å². The van der Waals surface area contributed by atoms with E-state index in [4.69, 9.17) is 0 Å². The van der Waals surface area contributed by atoms with Crippen LogP contribution in [0.25, 0.3) is 0 Å². The third-order valence-corrected chi connectivity index (χ3v) is 1.48. The van der Waals surface area contributed by atoms with Crippen molar-refractivity contribution >= 4 is 0 Å². The molecule has 0 bridgehead atoms. The van der Waals surface area contributed by atoms with E-state index in [-0.39, 0.29) is 5.41 Å². The molecule has 56 valence electrons. The highest BCUT2D eigenvalue weighted by atomic mass is 15.4. The molecule has 2 N–H and O–H groups in total. The smallest absolute Gasteiger partial charge is 0.0486 e. The molecule has 0 saturated heterocycles. The van der Waals surface area contributed by atoms with Crippen LogP contribution in [0.4, 0.5) is 0 Å². The van der Waals surface area contributed by atoms with E-state index >= 15 is 0 Å². The van der Waals surface area contributed by atoms with E-state index in [0.717, 1.165) is 5.70 Å². The van der Waals surface area contributed by atoms with Crippen LogP contribution < -0.4 is 10.9 Å². The van der Waals surface area contributed by atoms with E-state index in [9.17, 15) is 0 Å². The molecule has 10 heavy (non-hydrogen) atoms. The monoisotopic (exact) mass is 138 g/mol. The summed E-state index contributed by atoms with van der Waals surface area (Å²) in [7, 11) is 0. The zero-order chi connectivity index (χ0) is 7.78. The van der Waals surface area contributed by atoms with Crippen LogP contribution >= 0.6 is 0 Å². The molecular weight excluding hydrogens is 124 g/mol. The van der Waals surface area contributed by atoms with Crippen LogP contribution in [-0.2, 0) is 0 Å². The molecule has 0 amide bonds. The van der Waals surface area contributed by atoms with Crippen molar-refractivity contribution in [3.8, 4) is 0 Å². The fourth-order valence-electron chi connectivity index (χ4n) is 0.798. The Hall–Kier alpha value is -0.920. The van der Waals surface area contributed by atoms with Crippen LogP contribution in [0.2, 0.25) is 0 Å². The maximum atomic E-state index is 3.77. The second-order valence-electron chi connectivity index (χ2n) is 3.58. The highest BCUT2D eigenvalue weighted by Gasteiger charge is 2.19. The number of rotatable bonds is 0. The van der Waals surface area contributed by atoms with Crippen LogP contribution in [0.3, 0.4) is 0 Å². The SMILES string of the molecule is C=C1C=C(C(C)(C)C)NN1. The van der Waals surface area contributed by atoms with Gasteiger partial charge in [0.25, 0.3) is 0 Å². The van der Waals surface area contributed by atoms with Crippen molar-refractivity contribution in [2.45, 2.75) is 20.8 Å². The first-order valence-corrected chi connectivity index (χ1v) is 3.43. The van der Waals surface area contributed by atoms with E-state index in [1.165, 1.54) is 5.70 Å². The molecule has 0 aliphatic carbocycles. The maximum absolute atomic E-state index is 3.77. The molecular formula is C8H14N2. The Morgan fingerprint density at radius 2 is 1.90 bits per heavy atom. The Kier molecular flexibility index (Phi) is 1.47. The summed E-state index contributed by atoms with van der Waals surface area (Å²) < 4.78 is 0. The van der Waals surface area contributed by atoms with Crippen molar-refractivity contribution in [3.63, 3.8) is 0 Å². The summed E-state index contributed by atoms with van der Waals surface area (Å²) in [6, 6.07) is 0. The first-order valence-electron chi connectivity index (χ1n) is 3.43. The standard InChI is InChI=1S/C8H14N2/c1-6-5-7(10-9-6)8(2,3)4/h5,9-10H,1H2,2-4H3. The summed E-state index contributed by atoms with van der Waals surface area (Å²) in [5.41, 5.74) is 8.31. The molecule has 0 unspecified atom stereocenters. The molecule has 0 aromatic heterocycles. The Morgan fingerprint density at radius 1 is 1.30 bits per heavy atom. The summed E-state index contributed by atoms with van der Waals surface area (Å²) >= 11 is 0. The molecule has 2 heteroatoms. The molecule has 1 rings (SSSR count). The van der Waals surface area contributed by atoms with Gasteiger partial charge >= 0.3 is 0 Å². The summed E-state index contributed by atoms with van der Waals surface area (Å²) in [5, 5.41) is 0. The highest BCUT2D eigenvalue weighted by molar-refractivity contribution is 5.26. The number of allylic oxidation sites excluding steroid dienone is 2. The van der Waals surface area contributed by atoms with Gasteiger partial charge in [-0.3, -0.25) is 0 Å². The van der Waals surface area contributed by atoms with Gasteiger partial charge in [0, 0.05) is 16.8 Å². The highest BCUT2D eigenvalue weighted by Crippen LogP contribution is 2.24. The van der Waals surface area contributed by atoms with Crippen LogP contribution in [-0.4, -0.2) is 0 Å². The number of hydrazine groups is 1. The molecule has 0 saturated carbocycles. The van der Waals surface area contributed by atoms with Gasteiger partial charge in [-0.25, -0.2) is 0 Å². The third-order valence-electron chi connectivity index (χ3n) is 1.48. The molecule has 2 nitrogen and oxygen atoms in total. The maximum Gasteiger partial charge on any atom is 0.0486 e. The quantitative estimate of drug-likeness (QED) is 0.530. The lowest BCUT2D eigenvalue weighted by atomic mass is 9.92. The molecule has 0 atom stereocenters. The minimum Gasteiger partial charge on any atom is -0.304 e. The van der Waals surface area contributed by atoms with E-state index in [2.05, 4.69) is 38.2 Å². The van der Waals surface area contributed by atoms with Crippen LogP contribution in [0, 0.1) is 5.41 Å². The van der Waals surface area contributed by atoms with Gasteiger partial charge in [-0.2, -0.15) is 0 Å². The van der Waals surface area contributed by atoms with E-state index in [0.29, 0.717) is 0 Å². The van der Waals surface area contributed by atoms with Crippen LogP contribution in [0.15, 0.2) is 24.0 Å². The second kappa shape index (κ2) is 2.04. The Bertz CT molecular complexity index is 184. The molecule has 1 aliphatic heterocycles. The van der Waals surface area contributed by atoms with E-state index in [1.54, 1.807) is 0 Å². The van der Waals surface area contributed by atoms with Gasteiger partial charge in [-0.05, 0) is 6.08 Å². The summed E-state index contributed by atoms with van der Waals surface area (Å²) in [5.74, 6) is 0. The molecule has 1 aliphatic rings. The molecule has 0 radical (unpaired) electrons. The fourth-order valence-corrected chi connectivity index (χ4v) is 0.798. The number of hydrogen-bond donors (Lipinski definition) is 2. The minimum atomic E-state index is 0.187. The van der Waals surface area contributed by atoms with E-state index < -0.39 is 0 Å². The topological polar surface area (TPSA) is 24.1 Å². The van der Waals surface area contributed by atoms with Gasteiger partial charge in [0.1, 0.15) is 0 Å². The lowest BCUT2D eigenvalue weighted by Crippen LogP contribution is -2.28. The molecule has 0 aromatic carbocycles. The summed E-state index contributed by atoms with van der Waals surface area (Å²) in [6.45, 7) is 10.2. The summed E-state index contributed by atoms with van der Waals surface area (Å²) in [4.78, 5) is 0. The van der Waals surface area contributed by atoms with Gasteiger partial charge in [0.05, 0.1) is 0 Å². The predicted molar refractivity (Wildman–Crippen MR) is 42.9 cm³/mol. The van der Waals surface area contributed by atoms with Crippen molar-refractivity contribution < 1.29 is 0 Å². The minimum absolute atomic E-state index is 0.187. The Labute approximate surface area is 62.0 Å². The van der Waals surface area contributed by atoms with Crippen molar-refractivity contribution in [2.24, 2.45) is 5.41 Å². The largest absolute Gasteiger partial charge is 0.304 e. The van der Waals surface area contributed by atoms with Crippen molar-refractivity contribution in [3.05, 3.63) is 24.0 Å². The lowest BCUT2D eigenvalue weighted by molar-refractivity contribution is 0.458. The fraction of sp³-hybridized carbons (Fsp3) is 0.500. The van der Waals surface area contributed by atoms with Crippen LogP contribution in [0.5, 0.6) is 0 Å². The van der Waals surface area contributed by atoms with Gasteiger partial charge in [-0.1, -0.05) is 27.4 Å².